The van der Waals surface area contributed by atoms with Gasteiger partial charge in [-0.1, -0.05) is 0 Å². The van der Waals surface area contributed by atoms with E-state index >= 15 is 0 Å². The van der Waals surface area contributed by atoms with Gasteiger partial charge in [0.05, 0.1) is 5.41 Å². The van der Waals surface area contributed by atoms with E-state index in [2.05, 4.69) is 0 Å². The van der Waals surface area contributed by atoms with E-state index in [-0.39, 0.29) is 19.3 Å². The van der Waals surface area contributed by atoms with E-state index < -0.39 is 17.1 Å². The molecule has 2 aliphatic carbocycles. The number of nitrogens with two attached hydrogens (primary N) is 1. The second-order valence-electron chi connectivity index (χ2n) is 4.32. The minimum absolute atomic E-state index is 0.156. The van der Waals surface area contributed by atoms with Gasteiger partial charge in [0.1, 0.15) is 0 Å². The van der Waals surface area contributed by atoms with Crippen LogP contribution in [0.1, 0.15) is 32.1 Å². The number of halogens is 3. The molecule has 2 bridgehead atoms. The van der Waals surface area contributed by atoms with Crippen LogP contribution in [0.5, 0.6) is 0 Å². The number of rotatable bonds is 0. The molecule has 12 heavy (non-hydrogen) atoms. The summed E-state index contributed by atoms with van der Waals surface area (Å²) in [6, 6.07) is 0. The molecule has 70 valence electrons. The first-order valence-electron chi connectivity index (χ1n) is 4.23. The molecule has 0 amide bonds. The van der Waals surface area contributed by atoms with E-state index in [1.165, 1.54) is 0 Å². The zero-order valence-electron chi connectivity index (χ0n) is 6.75. The average Bonchev–Trinajstić information content (AvgIpc) is 2.40. The van der Waals surface area contributed by atoms with Gasteiger partial charge in [-0.2, -0.15) is 13.2 Å². The van der Waals surface area contributed by atoms with E-state index in [9.17, 15) is 13.2 Å². The molecule has 0 aliphatic heterocycles. The smallest absolute Gasteiger partial charge is 0.325 e. The molecule has 1 nitrogen and oxygen atoms in total. The van der Waals surface area contributed by atoms with Gasteiger partial charge in [0, 0.05) is 5.54 Å². The van der Waals surface area contributed by atoms with Crippen LogP contribution in [0.15, 0.2) is 0 Å². The van der Waals surface area contributed by atoms with Crippen molar-refractivity contribution in [1.29, 1.82) is 0 Å². The van der Waals surface area contributed by atoms with E-state index in [1.54, 1.807) is 0 Å². The summed E-state index contributed by atoms with van der Waals surface area (Å²) in [6.45, 7) is 0. The molecule has 0 aromatic carbocycles. The highest BCUT2D eigenvalue weighted by molar-refractivity contribution is 5.10. The largest absolute Gasteiger partial charge is 0.394 e. The highest BCUT2D eigenvalue weighted by Gasteiger charge is 2.64. The Bertz CT molecular complexity index is 201. The fraction of sp³-hybridized carbons (Fsp3) is 1.00. The molecule has 2 N–H and O–H groups in total. The number of fused-ring (bicyclic) bond motifs is 2. The SMILES string of the molecule is NC12CCC(C(F)(F)F)(CC1)C2. The average molecular weight is 179 g/mol. The first kappa shape index (κ1) is 8.35. The second-order valence-corrected chi connectivity index (χ2v) is 4.32. The molecule has 0 aromatic heterocycles. The van der Waals surface area contributed by atoms with Crippen molar-refractivity contribution in [2.75, 3.05) is 0 Å². The molecule has 0 spiro atoms. The molecule has 0 radical (unpaired) electrons. The first-order valence-corrected chi connectivity index (χ1v) is 4.23. The summed E-state index contributed by atoms with van der Waals surface area (Å²) >= 11 is 0. The number of hydrogen-bond donors (Lipinski definition) is 1. The lowest BCUT2D eigenvalue weighted by Gasteiger charge is -2.28. The number of alkyl halides is 3. The quantitative estimate of drug-likeness (QED) is 0.606. The normalized spacial score (nSPS) is 47.0. The van der Waals surface area contributed by atoms with Crippen LogP contribution >= 0.6 is 0 Å². The van der Waals surface area contributed by atoms with Crippen LogP contribution < -0.4 is 5.73 Å². The standard InChI is InChI=1S/C8H12F3N/c9-8(10,11)6-1-3-7(12,5-6)4-2-6/h1-5,12H2. The van der Waals surface area contributed by atoms with Gasteiger partial charge in [-0.25, -0.2) is 0 Å². The Morgan fingerprint density at radius 3 is 1.67 bits per heavy atom. The third-order valence-electron chi connectivity index (χ3n) is 3.49. The summed E-state index contributed by atoms with van der Waals surface area (Å²) in [5.74, 6) is 0. The van der Waals surface area contributed by atoms with Crippen molar-refractivity contribution in [3.63, 3.8) is 0 Å². The fourth-order valence-electron chi connectivity index (χ4n) is 2.64. The van der Waals surface area contributed by atoms with Crippen molar-refractivity contribution in [2.24, 2.45) is 11.1 Å². The molecule has 0 unspecified atom stereocenters. The maximum atomic E-state index is 12.6. The van der Waals surface area contributed by atoms with Crippen LogP contribution in [-0.4, -0.2) is 11.7 Å². The van der Waals surface area contributed by atoms with Crippen molar-refractivity contribution in [1.82, 2.24) is 0 Å². The lowest BCUT2D eigenvalue weighted by atomic mass is 9.83. The maximum absolute atomic E-state index is 12.6. The molecule has 2 saturated carbocycles. The van der Waals surface area contributed by atoms with Crippen molar-refractivity contribution < 1.29 is 13.2 Å². The summed E-state index contributed by atoms with van der Waals surface area (Å²) in [7, 11) is 0. The molecule has 2 rings (SSSR count). The fourth-order valence-corrected chi connectivity index (χ4v) is 2.64. The van der Waals surface area contributed by atoms with Crippen molar-refractivity contribution in [3.05, 3.63) is 0 Å². The van der Waals surface area contributed by atoms with Crippen LogP contribution in [0.25, 0.3) is 0 Å². The van der Waals surface area contributed by atoms with Gasteiger partial charge >= 0.3 is 6.18 Å². The Morgan fingerprint density at radius 2 is 1.50 bits per heavy atom. The van der Waals surface area contributed by atoms with Gasteiger partial charge in [0.15, 0.2) is 0 Å². The van der Waals surface area contributed by atoms with Gasteiger partial charge in [-0.15, -0.1) is 0 Å². The van der Waals surface area contributed by atoms with Crippen LogP contribution in [0.2, 0.25) is 0 Å². The summed E-state index contributed by atoms with van der Waals surface area (Å²) in [6.07, 6.45) is -2.30. The lowest BCUT2D eigenvalue weighted by molar-refractivity contribution is -0.220. The molecule has 0 heterocycles. The second kappa shape index (κ2) is 1.97. The summed E-state index contributed by atoms with van der Waals surface area (Å²) in [5, 5.41) is 0. The van der Waals surface area contributed by atoms with Gasteiger partial charge in [0.2, 0.25) is 0 Å². The van der Waals surface area contributed by atoms with Gasteiger partial charge in [-0.05, 0) is 32.1 Å². The molecule has 0 saturated heterocycles. The Hall–Kier alpha value is -0.250. The highest BCUT2D eigenvalue weighted by atomic mass is 19.4. The zero-order chi connectivity index (χ0) is 9.04. The topological polar surface area (TPSA) is 26.0 Å². The van der Waals surface area contributed by atoms with E-state index in [0.717, 1.165) is 0 Å². The lowest BCUT2D eigenvalue weighted by Crippen LogP contribution is -2.34. The summed E-state index contributed by atoms with van der Waals surface area (Å²) in [4.78, 5) is 0. The van der Waals surface area contributed by atoms with E-state index in [4.69, 9.17) is 5.73 Å². The molecule has 2 aliphatic rings. The van der Waals surface area contributed by atoms with Crippen LogP contribution in [0, 0.1) is 5.41 Å². The van der Waals surface area contributed by atoms with Crippen molar-refractivity contribution in [3.8, 4) is 0 Å². The van der Waals surface area contributed by atoms with E-state index in [0.29, 0.717) is 12.8 Å². The third kappa shape index (κ3) is 0.903. The minimum atomic E-state index is -4.04. The third-order valence-corrected chi connectivity index (χ3v) is 3.49. The van der Waals surface area contributed by atoms with Gasteiger partial charge in [-0.3, -0.25) is 0 Å². The first-order chi connectivity index (χ1) is 5.37. The predicted molar refractivity (Wildman–Crippen MR) is 38.5 cm³/mol. The predicted octanol–water partition coefficient (Wildman–Crippen LogP) is 2.21. The van der Waals surface area contributed by atoms with Crippen LogP contribution in [0.4, 0.5) is 13.2 Å². The van der Waals surface area contributed by atoms with Gasteiger partial charge < -0.3 is 5.73 Å². The van der Waals surface area contributed by atoms with Crippen molar-refractivity contribution >= 4 is 0 Å². The highest BCUT2D eigenvalue weighted by Crippen LogP contribution is 2.62. The molecular formula is C8H12F3N. The van der Waals surface area contributed by atoms with Crippen LogP contribution in [0.3, 0.4) is 0 Å². The van der Waals surface area contributed by atoms with Gasteiger partial charge in [0.25, 0.3) is 0 Å². The van der Waals surface area contributed by atoms with E-state index in [1.807, 2.05) is 0 Å². The van der Waals surface area contributed by atoms with Crippen molar-refractivity contribution in [2.45, 2.75) is 43.8 Å². The minimum Gasteiger partial charge on any atom is -0.325 e. The zero-order valence-corrected chi connectivity index (χ0v) is 6.75. The van der Waals surface area contributed by atoms with Crippen LogP contribution in [-0.2, 0) is 0 Å². The summed E-state index contributed by atoms with van der Waals surface area (Å²) < 4.78 is 37.7. The maximum Gasteiger partial charge on any atom is 0.394 e. The molecule has 2 fully saturated rings. The summed E-state index contributed by atoms with van der Waals surface area (Å²) in [5.41, 5.74) is 3.88. The molecule has 4 heteroatoms. The monoisotopic (exact) mass is 179 g/mol. The Kier molecular flexibility index (Phi) is 1.37. The molecule has 0 aromatic rings. The Labute approximate surface area is 69.1 Å². The number of hydrogen-bond acceptors (Lipinski definition) is 1. The molecular weight excluding hydrogens is 167 g/mol. The Morgan fingerprint density at radius 1 is 1.00 bits per heavy atom. The molecule has 0 atom stereocenters. The Balaban J connectivity index is 2.27.